The largest absolute Gasteiger partial charge is 0.350 e. The quantitative estimate of drug-likeness (QED) is 0.892. The van der Waals surface area contributed by atoms with Gasteiger partial charge in [0.1, 0.15) is 0 Å². The zero-order chi connectivity index (χ0) is 15.2. The molecular weight excluding hydrogens is 264 g/mol. The molecule has 2 N–H and O–H groups in total. The Labute approximate surface area is 126 Å². The second-order valence-corrected chi connectivity index (χ2v) is 6.03. The fourth-order valence-electron chi connectivity index (χ4n) is 2.69. The molecule has 4 heteroatoms. The molecule has 0 radical (unpaired) electrons. The van der Waals surface area contributed by atoms with Gasteiger partial charge in [-0.25, -0.2) is 0 Å². The molecule has 0 saturated heterocycles. The van der Waals surface area contributed by atoms with Gasteiger partial charge in [-0.15, -0.1) is 0 Å². The van der Waals surface area contributed by atoms with Crippen LogP contribution in [0.3, 0.4) is 0 Å². The normalized spacial score (nSPS) is 15.8. The molecule has 0 heterocycles. The number of hydrogen-bond donors (Lipinski definition) is 2. The zero-order valence-electron chi connectivity index (χ0n) is 12.8. The number of nitrogens with one attached hydrogen (secondary N) is 2. The summed E-state index contributed by atoms with van der Waals surface area (Å²) in [5.74, 6) is 0.0850. The van der Waals surface area contributed by atoms with Gasteiger partial charge in [0.15, 0.2) is 0 Å². The van der Waals surface area contributed by atoms with Crippen LogP contribution in [0.5, 0.6) is 0 Å². The molecule has 0 aliphatic heterocycles. The summed E-state index contributed by atoms with van der Waals surface area (Å²) < 4.78 is 0. The number of hydrogen-bond acceptors (Lipinski definition) is 2. The summed E-state index contributed by atoms with van der Waals surface area (Å²) >= 11 is 0. The highest BCUT2D eigenvalue weighted by Gasteiger charge is 2.21. The average molecular weight is 288 g/mol. The van der Waals surface area contributed by atoms with Crippen molar-refractivity contribution in [3.8, 4) is 0 Å². The van der Waals surface area contributed by atoms with Gasteiger partial charge in [-0.2, -0.15) is 0 Å². The number of carbonyl (C=O) groups is 2. The fourth-order valence-corrected chi connectivity index (χ4v) is 2.69. The topological polar surface area (TPSA) is 58.2 Å². The highest BCUT2D eigenvalue weighted by Crippen LogP contribution is 2.25. The van der Waals surface area contributed by atoms with Gasteiger partial charge in [-0.3, -0.25) is 9.59 Å². The molecule has 0 spiro atoms. The van der Waals surface area contributed by atoms with Crippen LogP contribution in [0.25, 0.3) is 0 Å². The van der Waals surface area contributed by atoms with Crippen molar-refractivity contribution in [2.75, 3.05) is 5.32 Å². The molecule has 2 rings (SSSR count). The van der Waals surface area contributed by atoms with Crippen molar-refractivity contribution in [1.82, 2.24) is 5.32 Å². The molecular formula is C17H24N2O2. The standard InChI is InChI=1S/C17H24N2O2/c1-12(2)18-17(21)14-9-6-10-15(11-14)19-16(20)13-7-4-3-5-8-13/h6,9-13H,3-5,7-8H2,1-2H3,(H,18,21)(H,19,20). The number of benzene rings is 1. The molecule has 1 fully saturated rings. The van der Waals surface area contributed by atoms with Crippen molar-refractivity contribution in [2.45, 2.75) is 52.0 Å². The van der Waals surface area contributed by atoms with Crippen LogP contribution in [0, 0.1) is 5.92 Å². The third kappa shape index (κ3) is 4.59. The van der Waals surface area contributed by atoms with E-state index in [1.807, 2.05) is 19.9 Å². The second kappa shape index (κ2) is 7.25. The summed E-state index contributed by atoms with van der Waals surface area (Å²) in [4.78, 5) is 24.2. The third-order valence-electron chi connectivity index (χ3n) is 3.79. The SMILES string of the molecule is CC(C)NC(=O)c1cccc(NC(=O)C2CCCCC2)c1. The Morgan fingerprint density at radius 2 is 1.86 bits per heavy atom. The molecule has 0 bridgehead atoms. The Morgan fingerprint density at radius 3 is 2.52 bits per heavy atom. The lowest BCUT2D eigenvalue weighted by atomic mass is 9.88. The second-order valence-electron chi connectivity index (χ2n) is 6.03. The van der Waals surface area contributed by atoms with E-state index in [0.29, 0.717) is 11.3 Å². The Kier molecular flexibility index (Phi) is 5.37. The van der Waals surface area contributed by atoms with Crippen molar-refractivity contribution in [3.63, 3.8) is 0 Å². The van der Waals surface area contributed by atoms with Gasteiger partial charge >= 0.3 is 0 Å². The van der Waals surface area contributed by atoms with Crippen LogP contribution in [-0.4, -0.2) is 17.9 Å². The van der Waals surface area contributed by atoms with Gasteiger partial charge in [-0.1, -0.05) is 25.3 Å². The molecule has 0 unspecified atom stereocenters. The van der Waals surface area contributed by atoms with Crippen LogP contribution in [0.1, 0.15) is 56.3 Å². The number of carbonyl (C=O) groups excluding carboxylic acids is 2. The average Bonchev–Trinajstić information content (AvgIpc) is 2.47. The van der Waals surface area contributed by atoms with Crippen molar-refractivity contribution in [1.29, 1.82) is 0 Å². The first-order valence-corrected chi connectivity index (χ1v) is 7.78. The molecule has 0 atom stereocenters. The van der Waals surface area contributed by atoms with E-state index < -0.39 is 0 Å². The van der Waals surface area contributed by atoms with Gasteiger partial charge in [0.25, 0.3) is 5.91 Å². The van der Waals surface area contributed by atoms with E-state index in [9.17, 15) is 9.59 Å². The fraction of sp³-hybridized carbons (Fsp3) is 0.529. The van der Waals surface area contributed by atoms with Gasteiger partial charge < -0.3 is 10.6 Å². The third-order valence-corrected chi connectivity index (χ3v) is 3.79. The van der Waals surface area contributed by atoms with Crippen molar-refractivity contribution >= 4 is 17.5 Å². The Morgan fingerprint density at radius 1 is 1.14 bits per heavy atom. The highest BCUT2D eigenvalue weighted by atomic mass is 16.2. The summed E-state index contributed by atoms with van der Waals surface area (Å²) in [7, 11) is 0. The minimum atomic E-state index is -0.112. The predicted octanol–water partition coefficient (Wildman–Crippen LogP) is 3.34. The van der Waals surface area contributed by atoms with E-state index in [0.717, 1.165) is 25.7 Å². The first-order chi connectivity index (χ1) is 10.1. The number of anilines is 1. The summed E-state index contributed by atoms with van der Waals surface area (Å²) in [6.07, 6.45) is 5.44. The van der Waals surface area contributed by atoms with Crippen molar-refractivity contribution in [2.24, 2.45) is 5.92 Å². The first kappa shape index (κ1) is 15.5. The molecule has 0 aromatic heterocycles. The Hall–Kier alpha value is -1.84. The van der Waals surface area contributed by atoms with Crippen LogP contribution < -0.4 is 10.6 Å². The molecule has 1 aliphatic carbocycles. The van der Waals surface area contributed by atoms with Gasteiger partial charge in [0.05, 0.1) is 0 Å². The van der Waals surface area contributed by atoms with Crippen LogP contribution in [-0.2, 0) is 4.79 Å². The Bertz CT molecular complexity index is 505. The summed E-state index contributed by atoms with van der Waals surface area (Å²) in [5, 5.41) is 5.79. The lowest BCUT2D eigenvalue weighted by Gasteiger charge is -2.20. The minimum absolute atomic E-state index is 0.0797. The van der Waals surface area contributed by atoms with Gasteiger partial charge in [0, 0.05) is 23.2 Å². The Balaban J connectivity index is 2.00. The van der Waals surface area contributed by atoms with Crippen molar-refractivity contribution in [3.05, 3.63) is 29.8 Å². The van der Waals surface area contributed by atoms with Gasteiger partial charge in [0.2, 0.25) is 5.91 Å². The summed E-state index contributed by atoms with van der Waals surface area (Å²) in [6.45, 7) is 3.85. The molecule has 1 aromatic rings. The maximum atomic E-state index is 12.2. The summed E-state index contributed by atoms with van der Waals surface area (Å²) in [5.41, 5.74) is 1.27. The van der Waals surface area contributed by atoms with Crippen molar-refractivity contribution < 1.29 is 9.59 Å². The highest BCUT2D eigenvalue weighted by molar-refractivity contribution is 5.97. The van der Waals surface area contributed by atoms with Gasteiger partial charge in [-0.05, 0) is 44.9 Å². The predicted molar refractivity (Wildman–Crippen MR) is 84.2 cm³/mol. The smallest absolute Gasteiger partial charge is 0.251 e. The molecule has 1 aliphatic rings. The van der Waals surface area contributed by atoms with E-state index in [1.54, 1.807) is 18.2 Å². The maximum absolute atomic E-state index is 12.2. The van der Waals surface area contributed by atoms with Crippen LogP contribution in [0.2, 0.25) is 0 Å². The molecule has 2 amide bonds. The van der Waals surface area contributed by atoms with E-state index in [4.69, 9.17) is 0 Å². The van der Waals surface area contributed by atoms with E-state index >= 15 is 0 Å². The van der Waals surface area contributed by atoms with Crippen LogP contribution in [0.15, 0.2) is 24.3 Å². The van der Waals surface area contributed by atoms with E-state index in [2.05, 4.69) is 10.6 Å². The van der Waals surface area contributed by atoms with E-state index in [1.165, 1.54) is 6.42 Å². The lowest BCUT2D eigenvalue weighted by Crippen LogP contribution is -2.30. The van der Waals surface area contributed by atoms with E-state index in [-0.39, 0.29) is 23.8 Å². The molecule has 1 aromatic carbocycles. The molecule has 21 heavy (non-hydrogen) atoms. The van der Waals surface area contributed by atoms with Crippen LogP contribution >= 0.6 is 0 Å². The summed E-state index contributed by atoms with van der Waals surface area (Å²) in [6, 6.07) is 7.21. The van der Waals surface area contributed by atoms with Crippen LogP contribution in [0.4, 0.5) is 5.69 Å². The monoisotopic (exact) mass is 288 g/mol. The number of rotatable bonds is 4. The first-order valence-electron chi connectivity index (χ1n) is 7.78. The minimum Gasteiger partial charge on any atom is -0.350 e. The molecule has 1 saturated carbocycles. The molecule has 114 valence electrons. The number of amides is 2. The zero-order valence-corrected chi connectivity index (χ0v) is 12.8. The molecule has 4 nitrogen and oxygen atoms in total. The maximum Gasteiger partial charge on any atom is 0.251 e. The lowest BCUT2D eigenvalue weighted by molar-refractivity contribution is -0.120.